The van der Waals surface area contributed by atoms with Crippen molar-refractivity contribution in [2.45, 2.75) is 19.9 Å². The van der Waals surface area contributed by atoms with Crippen molar-refractivity contribution in [1.29, 1.82) is 0 Å². The predicted octanol–water partition coefficient (Wildman–Crippen LogP) is 3.16. The van der Waals surface area contributed by atoms with Gasteiger partial charge in [0.25, 0.3) is 0 Å². The molecule has 0 aliphatic heterocycles. The molecule has 0 radical (unpaired) electrons. The van der Waals surface area contributed by atoms with Crippen LogP contribution >= 0.6 is 11.6 Å². The monoisotopic (exact) mass is 238 g/mol. The third-order valence-electron chi connectivity index (χ3n) is 2.75. The Morgan fingerprint density at radius 1 is 1.44 bits per heavy atom. The predicted molar refractivity (Wildman–Crippen MR) is 67.2 cm³/mol. The lowest BCUT2D eigenvalue weighted by atomic mass is 10.1. The third-order valence-corrected chi connectivity index (χ3v) is 2.97. The molecule has 1 heterocycles. The van der Waals surface area contributed by atoms with Crippen molar-refractivity contribution < 1.29 is 4.74 Å². The van der Waals surface area contributed by atoms with Gasteiger partial charge in [0, 0.05) is 28.2 Å². The molecule has 2 aromatic rings. The van der Waals surface area contributed by atoms with Gasteiger partial charge in [-0.2, -0.15) is 0 Å². The number of hydrogen-bond donors (Lipinski definition) is 2. The molecule has 3 nitrogen and oxygen atoms in total. The highest BCUT2D eigenvalue weighted by Gasteiger charge is 2.15. The van der Waals surface area contributed by atoms with Gasteiger partial charge in [0.2, 0.25) is 0 Å². The van der Waals surface area contributed by atoms with Gasteiger partial charge in [-0.25, -0.2) is 0 Å². The number of rotatable bonds is 2. The van der Waals surface area contributed by atoms with Gasteiger partial charge in [0.1, 0.15) is 5.75 Å². The van der Waals surface area contributed by atoms with Crippen molar-refractivity contribution in [2.75, 3.05) is 7.11 Å². The Balaban J connectivity index is 2.83. The number of nitrogens with one attached hydrogen (secondary N) is 1. The van der Waals surface area contributed by atoms with E-state index >= 15 is 0 Å². The van der Waals surface area contributed by atoms with Crippen LogP contribution in [-0.2, 0) is 0 Å². The molecule has 16 heavy (non-hydrogen) atoms. The van der Waals surface area contributed by atoms with Crippen molar-refractivity contribution in [2.24, 2.45) is 5.73 Å². The highest BCUT2D eigenvalue weighted by Crippen LogP contribution is 2.35. The topological polar surface area (TPSA) is 51.0 Å². The zero-order chi connectivity index (χ0) is 11.9. The standard InChI is InChI=1S/C12H15ClN2O/c1-6(14)11-7(2)15-12-9(11)4-8(13)5-10(12)16-3/h4-6,15H,14H2,1-3H3. The Kier molecular flexibility index (Phi) is 2.82. The summed E-state index contributed by atoms with van der Waals surface area (Å²) in [6, 6.07) is 3.68. The van der Waals surface area contributed by atoms with Crippen LogP contribution in [-0.4, -0.2) is 12.1 Å². The fourth-order valence-corrected chi connectivity index (χ4v) is 2.34. The molecule has 0 aliphatic rings. The fraction of sp³-hybridized carbons (Fsp3) is 0.333. The molecular formula is C12H15ClN2O. The number of hydrogen-bond acceptors (Lipinski definition) is 2. The van der Waals surface area contributed by atoms with Crippen molar-refractivity contribution in [3.05, 3.63) is 28.4 Å². The maximum atomic E-state index is 6.05. The van der Waals surface area contributed by atoms with E-state index in [9.17, 15) is 0 Å². The van der Waals surface area contributed by atoms with E-state index in [1.54, 1.807) is 13.2 Å². The average Bonchev–Trinajstić information content (AvgIpc) is 2.52. The summed E-state index contributed by atoms with van der Waals surface area (Å²) in [6.45, 7) is 3.97. The molecule has 0 spiro atoms. The van der Waals surface area contributed by atoms with E-state index < -0.39 is 0 Å². The quantitative estimate of drug-likeness (QED) is 0.845. The van der Waals surface area contributed by atoms with Gasteiger partial charge >= 0.3 is 0 Å². The van der Waals surface area contributed by atoms with E-state index in [4.69, 9.17) is 22.1 Å². The molecule has 0 fully saturated rings. The van der Waals surface area contributed by atoms with Gasteiger partial charge < -0.3 is 15.5 Å². The van der Waals surface area contributed by atoms with Crippen LogP contribution in [0.3, 0.4) is 0 Å². The normalized spacial score (nSPS) is 13.1. The van der Waals surface area contributed by atoms with Gasteiger partial charge in [0.05, 0.1) is 12.6 Å². The van der Waals surface area contributed by atoms with Crippen LogP contribution in [0.2, 0.25) is 5.02 Å². The molecular weight excluding hydrogens is 224 g/mol. The van der Waals surface area contributed by atoms with E-state index in [0.29, 0.717) is 5.02 Å². The van der Waals surface area contributed by atoms with E-state index in [1.807, 2.05) is 19.9 Å². The maximum absolute atomic E-state index is 6.05. The highest BCUT2D eigenvalue weighted by atomic mass is 35.5. The molecule has 3 N–H and O–H groups in total. The number of halogens is 1. The van der Waals surface area contributed by atoms with E-state index in [-0.39, 0.29) is 6.04 Å². The van der Waals surface area contributed by atoms with Crippen molar-refractivity contribution in [1.82, 2.24) is 4.98 Å². The lowest BCUT2D eigenvalue weighted by Crippen LogP contribution is -2.05. The number of nitrogens with two attached hydrogens (primary N) is 1. The zero-order valence-corrected chi connectivity index (χ0v) is 10.4. The Bertz CT molecular complexity index is 531. The van der Waals surface area contributed by atoms with Crippen LogP contribution in [0.1, 0.15) is 24.2 Å². The number of aromatic nitrogens is 1. The number of H-pyrrole nitrogens is 1. The second-order valence-electron chi connectivity index (χ2n) is 3.98. The van der Waals surface area contributed by atoms with Crippen LogP contribution < -0.4 is 10.5 Å². The Morgan fingerprint density at radius 3 is 2.69 bits per heavy atom. The van der Waals surface area contributed by atoms with Crippen LogP contribution in [0.4, 0.5) is 0 Å². The number of ether oxygens (including phenoxy) is 1. The fourth-order valence-electron chi connectivity index (χ4n) is 2.13. The summed E-state index contributed by atoms with van der Waals surface area (Å²) in [4.78, 5) is 3.29. The second kappa shape index (κ2) is 4.00. The molecule has 4 heteroatoms. The summed E-state index contributed by atoms with van der Waals surface area (Å²) in [5.41, 5.74) is 9.07. The van der Waals surface area contributed by atoms with E-state index in [1.165, 1.54) is 0 Å². The number of aryl methyl sites for hydroxylation is 1. The first-order valence-electron chi connectivity index (χ1n) is 5.16. The summed E-state index contributed by atoms with van der Waals surface area (Å²) in [5, 5.41) is 1.70. The highest BCUT2D eigenvalue weighted by molar-refractivity contribution is 6.31. The minimum absolute atomic E-state index is 0.0306. The van der Waals surface area contributed by atoms with Crippen molar-refractivity contribution in [3.8, 4) is 5.75 Å². The molecule has 0 saturated carbocycles. The number of fused-ring (bicyclic) bond motifs is 1. The second-order valence-corrected chi connectivity index (χ2v) is 4.42. The smallest absolute Gasteiger partial charge is 0.144 e. The molecule has 1 aromatic heterocycles. The van der Waals surface area contributed by atoms with Crippen molar-refractivity contribution in [3.63, 3.8) is 0 Å². The van der Waals surface area contributed by atoms with Crippen LogP contribution in [0.15, 0.2) is 12.1 Å². The molecule has 2 rings (SSSR count). The summed E-state index contributed by atoms with van der Waals surface area (Å²) < 4.78 is 5.30. The minimum Gasteiger partial charge on any atom is -0.495 e. The SMILES string of the molecule is COc1cc(Cl)cc2c(C(C)N)c(C)[nH]c12. The van der Waals surface area contributed by atoms with E-state index in [0.717, 1.165) is 27.9 Å². The van der Waals surface area contributed by atoms with Gasteiger partial charge in [-0.05, 0) is 25.5 Å². The van der Waals surface area contributed by atoms with Crippen LogP contribution in [0.25, 0.3) is 10.9 Å². The zero-order valence-electron chi connectivity index (χ0n) is 9.60. The van der Waals surface area contributed by atoms with Gasteiger partial charge in [0.15, 0.2) is 0 Å². The first kappa shape index (κ1) is 11.3. The number of aromatic amines is 1. The molecule has 0 amide bonds. The van der Waals surface area contributed by atoms with Crippen molar-refractivity contribution >= 4 is 22.5 Å². The lowest BCUT2D eigenvalue weighted by molar-refractivity contribution is 0.419. The Morgan fingerprint density at radius 2 is 2.12 bits per heavy atom. The summed E-state index contributed by atoms with van der Waals surface area (Å²) in [5.74, 6) is 0.748. The van der Waals surface area contributed by atoms with Gasteiger partial charge in [-0.3, -0.25) is 0 Å². The molecule has 1 atom stereocenters. The third kappa shape index (κ3) is 1.66. The summed E-state index contributed by atoms with van der Waals surface area (Å²) in [7, 11) is 1.63. The molecule has 86 valence electrons. The Labute approximate surface area is 99.5 Å². The summed E-state index contributed by atoms with van der Waals surface area (Å²) in [6.07, 6.45) is 0. The largest absolute Gasteiger partial charge is 0.495 e. The maximum Gasteiger partial charge on any atom is 0.144 e. The van der Waals surface area contributed by atoms with Crippen LogP contribution in [0, 0.1) is 6.92 Å². The van der Waals surface area contributed by atoms with Gasteiger partial charge in [-0.1, -0.05) is 11.6 Å². The number of benzene rings is 1. The molecule has 1 unspecified atom stereocenters. The average molecular weight is 239 g/mol. The molecule has 0 bridgehead atoms. The molecule has 0 saturated heterocycles. The van der Waals surface area contributed by atoms with E-state index in [2.05, 4.69) is 4.98 Å². The Hall–Kier alpha value is -1.19. The first-order valence-corrected chi connectivity index (χ1v) is 5.53. The number of methoxy groups -OCH3 is 1. The van der Waals surface area contributed by atoms with Gasteiger partial charge in [-0.15, -0.1) is 0 Å². The molecule has 0 aliphatic carbocycles. The summed E-state index contributed by atoms with van der Waals surface area (Å²) >= 11 is 6.05. The lowest BCUT2D eigenvalue weighted by Gasteiger charge is -2.06. The van der Waals surface area contributed by atoms with Crippen LogP contribution in [0.5, 0.6) is 5.75 Å². The first-order chi connectivity index (χ1) is 7.54. The molecule has 1 aromatic carbocycles. The minimum atomic E-state index is -0.0306.